The van der Waals surface area contributed by atoms with E-state index < -0.39 is 0 Å². The van der Waals surface area contributed by atoms with Gasteiger partial charge in [-0.3, -0.25) is 14.8 Å². The first-order chi connectivity index (χ1) is 13.5. The summed E-state index contributed by atoms with van der Waals surface area (Å²) in [7, 11) is 0. The number of aryl methyl sites for hydroxylation is 2. The molecule has 0 unspecified atom stereocenters. The van der Waals surface area contributed by atoms with Gasteiger partial charge in [0.1, 0.15) is 11.5 Å². The van der Waals surface area contributed by atoms with E-state index in [4.69, 9.17) is 4.42 Å². The lowest BCUT2D eigenvalue weighted by Crippen LogP contribution is -2.54. The standard InChI is InChI=1S/C21H26N4O3/c1-14-3-6-19-18(11-14)20(23-22-19)21(27)25-9-8-24(16(12-25)7-10-26)13-17-5-4-15(2)28-17/h3-6,11,16,26H,7-10,12-13H2,1-2H3,(H,22,23)/t16-/m1/s1. The van der Waals surface area contributed by atoms with Crippen LogP contribution < -0.4 is 0 Å². The second-order valence-electron chi connectivity index (χ2n) is 7.52. The number of hydrogen-bond donors (Lipinski definition) is 2. The van der Waals surface area contributed by atoms with Gasteiger partial charge in [-0.15, -0.1) is 0 Å². The molecule has 1 atom stereocenters. The average Bonchev–Trinajstić information content (AvgIpc) is 3.28. The van der Waals surface area contributed by atoms with Gasteiger partial charge in [0.25, 0.3) is 5.91 Å². The summed E-state index contributed by atoms with van der Waals surface area (Å²) < 4.78 is 5.71. The molecule has 2 N–H and O–H groups in total. The van der Waals surface area contributed by atoms with Crippen LogP contribution in [0.3, 0.4) is 0 Å². The number of aliphatic hydroxyl groups excluding tert-OH is 1. The van der Waals surface area contributed by atoms with Crippen molar-refractivity contribution < 1.29 is 14.3 Å². The van der Waals surface area contributed by atoms with E-state index in [0.717, 1.165) is 34.5 Å². The maximum atomic E-state index is 13.1. The largest absolute Gasteiger partial charge is 0.465 e. The second kappa shape index (κ2) is 7.77. The fourth-order valence-electron chi connectivity index (χ4n) is 3.92. The van der Waals surface area contributed by atoms with E-state index in [0.29, 0.717) is 31.7 Å². The van der Waals surface area contributed by atoms with Crippen LogP contribution in [-0.4, -0.2) is 63.3 Å². The minimum atomic E-state index is -0.0618. The van der Waals surface area contributed by atoms with Gasteiger partial charge in [-0.2, -0.15) is 5.10 Å². The topological polar surface area (TPSA) is 85.6 Å². The Morgan fingerprint density at radius 2 is 2.14 bits per heavy atom. The number of carbonyl (C=O) groups excluding carboxylic acids is 1. The van der Waals surface area contributed by atoms with Crippen LogP contribution in [0.15, 0.2) is 34.7 Å². The Morgan fingerprint density at radius 3 is 2.89 bits per heavy atom. The number of nitrogens with zero attached hydrogens (tertiary/aromatic N) is 3. The quantitative estimate of drug-likeness (QED) is 0.708. The molecule has 0 radical (unpaired) electrons. The first-order valence-electron chi connectivity index (χ1n) is 9.69. The number of aromatic amines is 1. The van der Waals surface area contributed by atoms with Crippen LogP contribution in [-0.2, 0) is 6.54 Å². The molecule has 0 spiro atoms. The molecule has 1 amide bonds. The number of aromatic nitrogens is 2. The van der Waals surface area contributed by atoms with Crippen molar-refractivity contribution in [2.45, 2.75) is 32.9 Å². The molecular formula is C21H26N4O3. The van der Waals surface area contributed by atoms with E-state index in [1.807, 2.05) is 49.1 Å². The first-order valence-corrected chi connectivity index (χ1v) is 9.69. The summed E-state index contributed by atoms with van der Waals surface area (Å²) in [5, 5.41) is 17.6. The number of H-pyrrole nitrogens is 1. The molecule has 0 saturated carbocycles. The van der Waals surface area contributed by atoms with Gasteiger partial charge >= 0.3 is 0 Å². The Bertz CT molecular complexity index is 977. The van der Waals surface area contributed by atoms with E-state index in [9.17, 15) is 9.90 Å². The zero-order chi connectivity index (χ0) is 19.7. The van der Waals surface area contributed by atoms with Crippen molar-refractivity contribution in [1.29, 1.82) is 0 Å². The lowest BCUT2D eigenvalue weighted by Gasteiger charge is -2.40. The van der Waals surface area contributed by atoms with Gasteiger partial charge in [0.2, 0.25) is 0 Å². The Morgan fingerprint density at radius 1 is 1.29 bits per heavy atom. The van der Waals surface area contributed by atoms with Crippen LogP contribution in [0.1, 0.15) is 34.0 Å². The third kappa shape index (κ3) is 3.68. The van der Waals surface area contributed by atoms with Gasteiger partial charge in [-0.1, -0.05) is 11.6 Å². The molecule has 0 bridgehead atoms. The van der Waals surface area contributed by atoms with Crippen LogP contribution in [0.2, 0.25) is 0 Å². The molecule has 7 nitrogen and oxygen atoms in total. The van der Waals surface area contributed by atoms with Crippen molar-refractivity contribution in [3.05, 3.63) is 53.1 Å². The molecule has 3 aromatic rings. The molecule has 148 valence electrons. The maximum Gasteiger partial charge on any atom is 0.275 e. The molecule has 28 heavy (non-hydrogen) atoms. The molecule has 1 aliphatic heterocycles. The van der Waals surface area contributed by atoms with Crippen LogP contribution in [0.5, 0.6) is 0 Å². The third-order valence-electron chi connectivity index (χ3n) is 5.43. The fourth-order valence-corrected chi connectivity index (χ4v) is 3.92. The number of carbonyl (C=O) groups is 1. The Balaban J connectivity index is 1.51. The zero-order valence-electron chi connectivity index (χ0n) is 16.3. The van der Waals surface area contributed by atoms with Crippen molar-refractivity contribution in [3.8, 4) is 0 Å². The Hall–Kier alpha value is -2.64. The molecule has 1 aromatic carbocycles. The van der Waals surface area contributed by atoms with Crippen molar-refractivity contribution >= 4 is 16.8 Å². The SMILES string of the molecule is Cc1ccc2[nH]nc(C(=O)N3CCN(Cc4ccc(C)o4)[C@H](CCO)C3)c2c1. The number of aliphatic hydroxyl groups is 1. The molecule has 1 saturated heterocycles. The number of benzene rings is 1. The fraction of sp³-hybridized carbons (Fsp3) is 0.429. The Kier molecular flexibility index (Phi) is 5.19. The normalized spacial score (nSPS) is 18.1. The highest BCUT2D eigenvalue weighted by atomic mass is 16.3. The number of rotatable bonds is 5. The number of piperazine rings is 1. The molecular weight excluding hydrogens is 356 g/mol. The molecule has 3 heterocycles. The highest BCUT2D eigenvalue weighted by molar-refractivity contribution is 6.04. The predicted molar refractivity (Wildman–Crippen MR) is 106 cm³/mol. The van der Waals surface area contributed by atoms with Crippen LogP contribution in [0, 0.1) is 13.8 Å². The van der Waals surface area contributed by atoms with Gasteiger partial charge < -0.3 is 14.4 Å². The summed E-state index contributed by atoms with van der Waals surface area (Å²) in [6.45, 7) is 6.64. The van der Waals surface area contributed by atoms with Gasteiger partial charge in [0.15, 0.2) is 5.69 Å². The van der Waals surface area contributed by atoms with Crippen LogP contribution in [0.4, 0.5) is 0 Å². The summed E-state index contributed by atoms with van der Waals surface area (Å²) in [6.07, 6.45) is 0.615. The summed E-state index contributed by atoms with van der Waals surface area (Å²) in [4.78, 5) is 17.3. The number of fused-ring (bicyclic) bond motifs is 1. The van der Waals surface area contributed by atoms with Gasteiger partial charge in [0.05, 0.1) is 12.1 Å². The first kappa shape index (κ1) is 18.7. The second-order valence-corrected chi connectivity index (χ2v) is 7.52. The number of nitrogens with one attached hydrogen (secondary N) is 1. The summed E-state index contributed by atoms with van der Waals surface area (Å²) in [6, 6.07) is 9.97. The molecule has 7 heteroatoms. The average molecular weight is 382 g/mol. The van der Waals surface area contributed by atoms with Gasteiger partial charge in [-0.05, 0) is 44.5 Å². The van der Waals surface area contributed by atoms with Gasteiger partial charge in [-0.25, -0.2) is 0 Å². The minimum Gasteiger partial charge on any atom is -0.465 e. The van der Waals surface area contributed by atoms with Crippen molar-refractivity contribution in [2.24, 2.45) is 0 Å². The Labute approximate surface area is 163 Å². The minimum absolute atomic E-state index is 0.0618. The predicted octanol–water partition coefficient (Wildman–Crippen LogP) is 2.48. The number of hydrogen-bond acceptors (Lipinski definition) is 5. The van der Waals surface area contributed by atoms with E-state index in [-0.39, 0.29) is 18.6 Å². The summed E-state index contributed by atoms with van der Waals surface area (Å²) >= 11 is 0. The number of furan rings is 1. The van der Waals surface area contributed by atoms with E-state index in [1.54, 1.807) is 0 Å². The summed E-state index contributed by atoms with van der Waals surface area (Å²) in [5.74, 6) is 1.74. The zero-order valence-corrected chi connectivity index (χ0v) is 16.3. The van der Waals surface area contributed by atoms with Crippen molar-refractivity contribution in [2.75, 3.05) is 26.2 Å². The smallest absolute Gasteiger partial charge is 0.275 e. The molecule has 0 aliphatic carbocycles. The summed E-state index contributed by atoms with van der Waals surface area (Å²) in [5.41, 5.74) is 2.43. The van der Waals surface area contributed by atoms with Crippen molar-refractivity contribution in [3.63, 3.8) is 0 Å². The molecule has 1 fully saturated rings. The molecule has 4 rings (SSSR count). The monoisotopic (exact) mass is 382 g/mol. The molecule has 2 aromatic heterocycles. The van der Waals surface area contributed by atoms with E-state index in [2.05, 4.69) is 15.1 Å². The number of amides is 1. The van der Waals surface area contributed by atoms with E-state index >= 15 is 0 Å². The molecule has 1 aliphatic rings. The van der Waals surface area contributed by atoms with Crippen LogP contribution in [0.25, 0.3) is 10.9 Å². The highest BCUT2D eigenvalue weighted by Gasteiger charge is 2.31. The van der Waals surface area contributed by atoms with E-state index in [1.165, 1.54) is 0 Å². The third-order valence-corrected chi connectivity index (χ3v) is 5.43. The van der Waals surface area contributed by atoms with Gasteiger partial charge in [0, 0.05) is 37.7 Å². The lowest BCUT2D eigenvalue weighted by atomic mass is 10.1. The highest BCUT2D eigenvalue weighted by Crippen LogP contribution is 2.22. The lowest BCUT2D eigenvalue weighted by molar-refractivity contribution is 0.0369. The van der Waals surface area contributed by atoms with Crippen LogP contribution >= 0.6 is 0 Å². The van der Waals surface area contributed by atoms with Crippen molar-refractivity contribution in [1.82, 2.24) is 20.0 Å². The maximum absolute atomic E-state index is 13.1.